The van der Waals surface area contributed by atoms with E-state index >= 15 is 0 Å². The van der Waals surface area contributed by atoms with E-state index < -0.39 is 0 Å². The smallest absolute Gasteiger partial charge is 0.173 e. The van der Waals surface area contributed by atoms with Gasteiger partial charge in [-0.05, 0) is 58.9 Å². The molecule has 0 unspecified atom stereocenters. The topological polar surface area (TPSA) is 17.1 Å². The molecule has 4 aromatic rings. The molecule has 0 amide bonds. The molecule has 2 aliphatic carbocycles. The molecule has 0 spiro atoms. The Balaban J connectivity index is 0.000000135. The van der Waals surface area contributed by atoms with Crippen LogP contribution in [0, 0.1) is 0 Å². The lowest BCUT2D eigenvalue weighted by Crippen LogP contribution is -2.23. The minimum Gasteiger partial charge on any atom is -0.293 e. The van der Waals surface area contributed by atoms with Crippen molar-refractivity contribution >= 4 is 16.6 Å². The summed E-state index contributed by atoms with van der Waals surface area (Å²) in [5, 5.41) is 2.32. The van der Waals surface area contributed by atoms with Crippen LogP contribution in [0.4, 0.5) is 0 Å². The van der Waals surface area contributed by atoms with Crippen molar-refractivity contribution < 1.29 is 4.79 Å². The van der Waals surface area contributed by atoms with Crippen LogP contribution in [0.15, 0.2) is 84.9 Å². The maximum atomic E-state index is 12.2. The standard InChI is InChI=1S/C14H12O.C13H10.C2H6/c1-14(2)11-8-4-6-9-5-3-7-10(12(9)11)13(14)15;1-3-7-12-10(5-1)9-11-6-2-4-8-13(11)12;1-2/h3-8H,1-2H3;1-8H,9H2;1-2H3. The van der Waals surface area contributed by atoms with Gasteiger partial charge < -0.3 is 0 Å². The minimum absolute atomic E-state index is 0.245. The van der Waals surface area contributed by atoms with Gasteiger partial charge in [-0.2, -0.15) is 0 Å². The van der Waals surface area contributed by atoms with E-state index in [-0.39, 0.29) is 11.2 Å². The summed E-state index contributed by atoms with van der Waals surface area (Å²) in [7, 11) is 0. The monoisotopic (exact) mass is 392 g/mol. The summed E-state index contributed by atoms with van der Waals surface area (Å²) in [6.07, 6.45) is 1.10. The third-order valence-corrected chi connectivity index (χ3v) is 6.10. The Labute approximate surface area is 179 Å². The Kier molecular flexibility index (Phi) is 5.30. The van der Waals surface area contributed by atoms with E-state index in [0.29, 0.717) is 0 Å². The lowest BCUT2D eigenvalue weighted by atomic mass is 9.84. The summed E-state index contributed by atoms with van der Waals surface area (Å²) < 4.78 is 0. The number of carbonyl (C=O) groups is 1. The number of hydrogen-bond donors (Lipinski definition) is 0. The number of hydrogen-bond acceptors (Lipinski definition) is 1. The maximum absolute atomic E-state index is 12.2. The van der Waals surface area contributed by atoms with Crippen LogP contribution in [0.25, 0.3) is 21.9 Å². The summed E-state index contributed by atoms with van der Waals surface area (Å²) in [5.74, 6) is 0.245. The molecule has 0 aliphatic heterocycles. The highest BCUT2D eigenvalue weighted by Gasteiger charge is 2.39. The Morgan fingerprint density at radius 3 is 1.73 bits per heavy atom. The predicted octanol–water partition coefficient (Wildman–Crippen LogP) is 7.60. The lowest BCUT2D eigenvalue weighted by molar-refractivity contribution is 0.0920. The van der Waals surface area contributed by atoms with E-state index in [1.165, 1.54) is 33.2 Å². The van der Waals surface area contributed by atoms with E-state index in [4.69, 9.17) is 0 Å². The molecular weight excluding hydrogens is 364 g/mol. The Morgan fingerprint density at radius 1 is 0.633 bits per heavy atom. The predicted molar refractivity (Wildman–Crippen MR) is 127 cm³/mol. The third kappa shape index (κ3) is 3.15. The summed E-state index contributed by atoms with van der Waals surface area (Å²) in [6.45, 7) is 8.01. The molecule has 1 nitrogen and oxygen atoms in total. The highest BCUT2D eigenvalue weighted by Crippen LogP contribution is 2.41. The first-order valence-corrected chi connectivity index (χ1v) is 10.8. The van der Waals surface area contributed by atoms with Crippen LogP contribution in [0.3, 0.4) is 0 Å². The van der Waals surface area contributed by atoms with Gasteiger partial charge in [0, 0.05) is 5.56 Å². The van der Waals surface area contributed by atoms with Gasteiger partial charge in [-0.15, -0.1) is 0 Å². The van der Waals surface area contributed by atoms with E-state index in [1.807, 2.05) is 45.9 Å². The van der Waals surface area contributed by atoms with Crippen molar-refractivity contribution in [1.82, 2.24) is 0 Å². The van der Waals surface area contributed by atoms with E-state index in [1.54, 1.807) is 0 Å². The summed E-state index contributed by atoms with van der Waals surface area (Å²) >= 11 is 0. The summed E-state index contributed by atoms with van der Waals surface area (Å²) in [5.41, 5.74) is 7.45. The third-order valence-electron chi connectivity index (χ3n) is 6.10. The molecule has 0 aromatic heterocycles. The van der Waals surface area contributed by atoms with E-state index in [9.17, 15) is 4.79 Å². The van der Waals surface area contributed by atoms with Crippen LogP contribution in [-0.4, -0.2) is 5.78 Å². The van der Waals surface area contributed by atoms with Gasteiger partial charge in [0.05, 0.1) is 5.41 Å². The van der Waals surface area contributed by atoms with Gasteiger partial charge in [-0.1, -0.05) is 98.8 Å². The molecule has 2 aliphatic rings. The van der Waals surface area contributed by atoms with Crippen molar-refractivity contribution in [2.75, 3.05) is 0 Å². The SMILES string of the molecule is CC.CC1(C)C(=O)c2cccc3cccc1c23.c1ccc2c(c1)Cc1ccccc1-2. The molecule has 6 rings (SSSR count). The van der Waals surface area contributed by atoms with Gasteiger partial charge >= 0.3 is 0 Å². The first-order valence-electron chi connectivity index (χ1n) is 10.8. The van der Waals surface area contributed by atoms with Gasteiger partial charge in [-0.3, -0.25) is 4.79 Å². The Hall–Kier alpha value is -3.19. The molecule has 0 saturated heterocycles. The zero-order chi connectivity index (χ0) is 21.3. The first-order chi connectivity index (χ1) is 14.6. The number of fused-ring (bicyclic) bond motifs is 3. The maximum Gasteiger partial charge on any atom is 0.173 e. The van der Waals surface area contributed by atoms with E-state index in [0.717, 1.165) is 17.4 Å². The van der Waals surface area contributed by atoms with Crippen molar-refractivity contribution in [2.45, 2.75) is 39.5 Å². The zero-order valence-corrected chi connectivity index (χ0v) is 18.2. The molecular formula is C29H28O. The van der Waals surface area contributed by atoms with Gasteiger partial charge in [0.2, 0.25) is 0 Å². The normalized spacial score (nSPS) is 14.2. The van der Waals surface area contributed by atoms with Crippen molar-refractivity contribution in [3.8, 4) is 11.1 Å². The van der Waals surface area contributed by atoms with E-state index in [2.05, 4.69) is 66.7 Å². The largest absolute Gasteiger partial charge is 0.293 e. The van der Waals surface area contributed by atoms with Gasteiger partial charge in [0.15, 0.2) is 5.78 Å². The molecule has 0 radical (unpaired) electrons. The van der Waals surface area contributed by atoms with Gasteiger partial charge in [0.1, 0.15) is 0 Å². The molecule has 30 heavy (non-hydrogen) atoms. The molecule has 0 saturated carbocycles. The molecule has 4 aromatic carbocycles. The Morgan fingerprint density at radius 2 is 1.13 bits per heavy atom. The molecule has 0 fully saturated rings. The summed E-state index contributed by atoms with van der Waals surface area (Å²) in [6, 6.07) is 29.4. The molecule has 0 atom stereocenters. The van der Waals surface area contributed by atoms with Crippen molar-refractivity contribution in [3.05, 3.63) is 107 Å². The zero-order valence-electron chi connectivity index (χ0n) is 18.2. The number of Topliss-reactive ketones (excluding diaryl/α,β-unsaturated/α-hetero) is 1. The van der Waals surface area contributed by atoms with Crippen LogP contribution in [-0.2, 0) is 11.8 Å². The van der Waals surface area contributed by atoms with Crippen molar-refractivity contribution in [3.63, 3.8) is 0 Å². The molecule has 1 heteroatoms. The lowest BCUT2D eigenvalue weighted by Gasteiger charge is -2.16. The minimum atomic E-state index is -0.358. The average molecular weight is 393 g/mol. The first kappa shape index (κ1) is 20.1. The van der Waals surface area contributed by atoms with Gasteiger partial charge in [-0.25, -0.2) is 0 Å². The number of rotatable bonds is 0. The second-order valence-corrected chi connectivity index (χ2v) is 8.15. The van der Waals surface area contributed by atoms with Crippen LogP contribution in [0.1, 0.15) is 54.7 Å². The Bertz CT molecular complexity index is 1180. The van der Waals surface area contributed by atoms with Crippen molar-refractivity contribution in [1.29, 1.82) is 0 Å². The number of carbonyl (C=O) groups excluding carboxylic acids is 1. The second-order valence-electron chi connectivity index (χ2n) is 8.15. The van der Waals surface area contributed by atoms with Gasteiger partial charge in [0.25, 0.3) is 0 Å². The fourth-order valence-corrected chi connectivity index (χ4v) is 4.59. The van der Waals surface area contributed by atoms with Crippen LogP contribution in [0.2, 0.25) is 0 Å². The molecule has 0 N–H and O–H groups in total. The molecule has 0 heterocycles. The fourth-order valence-electron chi connectivity index (χ4n) is 4.59. The number of benzene rings is 4. The van der Waals surface area contributed by atoms with Crippen LogP contribution in [0.5, 0.6) is 0 Å². The van der Waals surface area contributed by atoms with Crippen LogP contribution < -0.4 is 0 Å². The quantitative estimate of drug-likeness (QED) is 0.265. The average Bonchev–Trinajstić information content (AvgIpc) is 3.26. The summed E-state index contributed by atoms with van der Waals surface area (Å²) in [4.78, 5) is 12.2. The fraction of sp³-hybridized carbons (Fsp3) is 0.207. The van der Waals surface area contributed by atoms with Crippen molar-refractivity contribution in [2.24, 2.45) is 0 Å². The highest BCUT2D eigenvalue weighted by molar-refractivity contribution is 6.19. The highest BCUT2D eigenvalue weighted by atomic mass is 16.1. The second kappa shape index (κ2) is 7.91. The molecule has 0 bridgehead atoms. The molecule has 150 valence electrons. The number of ketones is 1. The van der Waals surface area contributed by atoms with Crippen LogP contribution >= 0.6 is 0 Å².